The lowest BCUT2D eigenvalue weighted by atomic mass is 10.0. The Morgan fingerprint density at radius 3 is 2.39 bits per heavy atom. The molecule has 4 nitrogen and oxygen atoms in total. The zero-order chi connectivity index (χ0) is 19.1. The summed E-state index contributed by atoms with van der Waals surface area (Å²) in [6.07, 6.45) is 1.82. The summed E-state index contributed by atoms with van der Waals surface area (Å²) >= 11 is 0. The molecular formula is C24H20N4. The molecule has 5 rings (SSSR count). The lowest BCUT2D eigenvalue weighted by molar-refractivity contribution is 0.983. The molecule has 5 aromatic rings. The zero-order valence-electron chi connectivity index (χ0n) is 15.8. The number of aromatic nitrogens is 4. The molecule has 0 atom stereocenters. The summed E-state index contributed by atoms with van der Waals surface area (Å²) in [6, 6.07) is 24.9. The molecule has 0 bridgehead atoms. The van der Waals surface area contributed by atoms with E-state index >= 15 is 0 Å². The first kappa shape index (κ1) is 16.5. The molecule has 0 amide bonds. The third kappa shape index (κ3) is 2.79. The number of hydrogen-bond donors (Lipinski definition) is 1. The summed E-state index contributed by atoms with van der Waals surface area (Å²) in [7, 11) is 0. The zero-order valence-corrected chi connectivity index (χ0v) is 15.8. The fourth-order valence-electron chi connectivity index (χ4n) is 3.66. The minimum Gasteiger partial charge on any atom is -0.345 e. The van der Waals surface area contributed by atoms with Gasteiger partial charge >= 0.3 is 0 Å². The summed E-state index contributed by atoms with van der Waals surface area (Å²) in [5.41, 5.74) is 7.34. The van der Waals surface area contributed by atoms with Gasteiger partial charge in [0.15, 0.2) is 0 Å². The number of rotatable bonds is 3. The van der Waals surface area contributed by atoms with Gasteiger partial charge in [0.05, 0.1) is 11.4 Å². The van der Waals surface area contributed by atoms with Gasteiger partial charge in [-0.25, -0.2) is 4.98 Å². The number of pyridine rings is 2. The largest absolute Gasteiger partial charge is 0.345 e. The molecule has 0 saturated heterocycles. The normalized spacial score (nSPS) is 11.2. The molecule has 0 fully saturated rings. The van der Waals surface area contributed by atoms with Crippen LogP contribution in [0.4, 0.5) is 0 Å². The molecule has 0 aliphatic rings. The van der Waals surface area contributed by atoms with E-state index in [-0.39, 0.29) is 0 Å². The van der Waals surface area contributed by atoms with Crippen molar-refractivity contribution in [3.05, 3.63) is 90.4 Å². The van der Waals surface area contributed by atoms with Gasteiger partial charge in [-0.3, -0.25) is 9.55 Å². The Morgan fingerprint density at radius 1 is 0.786 bits per heavy atom. The van der Waals surface area contributed by atoms with Gasteiger partial charge in [0, 0.05) is 34.1 Å². The number of benzene rings is 1. The number of fused-ring (bicyclic) bond motifs is 1. The van der Waals surface area contributed by atoms with E-state index < -0.39 is 0 Å². The van der Waals surface area contributed by atoms with Gasteiger partial charge in [0.25, 0.3) is 0 Å². The quantitative estimate of drug-likeness (QED) is 0.446. The lowest BCUT2D eigenvalue weighted by Crippen LogP contribution is -1.99. The van der Waals surface area contributed by atoms with Crippen molar-refractivity contribution in [2.75, 3.05) is 0 Å². The summed E-state index contributed by atoms with van der Waals surface area (Å²) in [5, 5.41) is 1.13. The molecule has 28 heavy (non-hydrogen) atoms. The van der Waals surface area contributed by atoms with Crippen molar-refractivity contribution in [3.63, 3.8) is 0 Å². The summed E-state index contributed by atoms with van der Waals surface area (Å²) < 4.78 is 2.18. The van der Waals surface area contributed by atoms with Gasteiger partial charge in [-0.05, 0) is 62.4 Å². The number of H-pyrrole nitrogens is 1. The maximum Gasteiger partial charge on any atom is 0.146 e. The maximum atomic E-state index is 5.01. The molecule has 4 heterocycles. The molecule has 4 aromatic heterocycles. The van der Waals surface area contributed by atoms with E-state index in [0.29, 0.717) is 0 Å². The van der Waals surface area contributed by atoms with Crippen LogP contribution in [0.2, 0.25) is 0 Å². The Hall–Kier alpha value is -3.66. The van der Waals surface area contributed by atoms with Crippen molar-refractivity contribution < 1.29 is 0 Å². The molecular weight excluding hydrogens is 344 g/mol. The minimum atomic E-state index is 0.952. The highest BCUT2D eigenvalue weighted by atomic mass is 15.1. The monoisotopic (exact) mass is 364 g/mol. The third-order valence-electron chi connectivity index (χ3n) is 5.01. The lowest BCUT2D eigenvalue weighted by Gasteiger charge is -2.08. The number of hydrogen-bond acceptors (Lipinski definition) is 2. The molecule has 0 spiro atoms. The fourth-order valence-corrected chi connectivity index (χ4v) is 3.66. The molecule has 1 N–H and O–H groups in total. The Balaban J connectivity index is 1.65. The molecule has 4 heteroatoms. The molecule has 0 radical (unpaired) electrons. The standard InChI is InChI=1S/C24H20N4/c1-16-9-12-23(26-16)28-17(2)14-20-10-11-22(27-24(20)28)19-7-5-6-18(15-19)21-8-3-4-13-25-21/h3-15,26H,1-2H3. The Kier molecular flexibility index (Phi) is 3.83. The Bertz CT molecular complexity index is 1280. The van der Waals surface area contributed by atoms with Gasteiger partial charge in [0.2, 0.25) is 0 Å². The Morgan fingerprint density at radius 2 is 1.64 bits per heavy atom. The molecule has 1 aromatic carbocycles. The van der Waals surface area contributed by atoms with Gasteiger partial charge in [0.1, 0.15) is 11.5 Å². The average molecular weight is 364 g/mol. The number of nitrogens with zero attached hydrogens (tertiary/aromatic N) is 3. The van der Waals surface area contributed by atoms with Crippen LogP contribution in [0, 0.1) is 13.8 Å². The number of aryl methyl sites for hydroxylation is 2. The van der Waals surface area contributed by atoms with E-state index in [2.05, 4.69) is 83.0 Å². The van der Waals surface area contributed by atoms with Crippen molar-refractivity contribution in [1.82, 2.24) is 19.5 Å². The summed E-state index contributed by atoms with van der Waals surface area (Å²) in [6.45, 7) is 4.17. The molecule has 0 aliphatic heterocycles. The van der Waals surface area contributed by atoms with E-state index in [1.165, 1.54) is 0 Å². The second-order valence-corrected chi connectivity index (χ2v) is 7.05. The minimum absolute atomic E-state index is 0.952. The van der Waals surface area contributed by atoms with Crippen LogP contribution in [0.3, 0.4) is 0 Å². The predicted molar refractivity (Wildman–Crippen MR) is 114 cm³/mol. The van der Waals surface area contributed by atoms with E-state index in [1.54, 1.807) is 0 Å². The Labute approximate surface area is 163 Å². The molecule has 0 unspecified atom stereocenters. The van der Waals surface area contributed by atoms with Crippen LogP contribution in [0.1, 0.15) is 11.4 Å². The highest BCUT2D eigenvalue weighted by Crippen LogP contribution is 2.28. The highest BCUT2D eigenvalue weighted by molar-refractivity contribution is 5.83. The van der Waals surface area contributed by atoms with Crippen molar-refractivity contribution in [2.45, 2.75) is 13.8 Å². The first-order valence-electron chi connectivity index (χ1n) is 9.36. The predicted octanol–water partition coefficient (Wildman–Crippen LogP) is 5.70. The van der Waals surface area contributed by atoms with Crippen LogP contribution < -0.4 is 0 Å². The van der Waals surface area contributed by atoms with Crippen LogP contribution in [0.15, 0.2) is 79.0 Å². The first-order chi connectivity index (χ1) is 13.7. The van der Waals surface area contributed by atoms with Gasteiger partial charge in [-0.15, -0.1) is 0 Å². The van der Waals surface area contributed by atoms with Crippen molar-refractivity contribution in [2.24, 2.45) is 0 Å². The maximum absolute atomic E-state index is 5.01. The summed E-state index contributed by atoms with van der Waals surface area (Å²) in [5.74, 6) is 1.04. The van der Waals surface area contributed by atoms with Crippen LogP contribution >= 0.6 is 0 Å². The topological polar surface area (TPSA) is 46.5 Å². The number of nitrogens with one attached hydrogen (secondary N) is 1. The van der Waals surface area contributed by atoms with Crippen LogP contribution in [-0.2, 0) is 0 Å². The highest BCUT2D eigenvalue weighted by Gasteiger charge is 2.12. The van der Waals surface area contributed by atoms with Gasteiger partial charge < -0.3 is 4.98 Å². The SMILES string of the molecule is Cc1ccc(-n2c(C)cc3ccc(-c4cccc(-c5ccccn5)c4)nc32)[nH]1. The second-order valence-electron chi connectivity index (χ2n) is 7.05. The van der Waals surface area contributed by atoms with Crippen LogP contribution in [0.25, 0.3) is 39.4 Å². The van der Waals surface area contributed by atoms with Crippen molar-refractivity contribution >= 4 is 11.0 Å². The van der Waals surface area contributed by atoms with Crippen LogP contribution in [-0.4, -0.2) is 19.5 Å². The van der Waals surface area contributed by atoms with Crippen molar-refractivity contribution in [3.8, 4) is 28.3 Å². The molecule has 0 saturated carbocycles. The second kappa shape index (κ2) is 6.50. The number of aromatic amines is 1. The van der Waals surface area contributed by atoms with E-state index in [9.17, 15) is 0 Å². The van der Waals surface area contributed by atoms with Crippen LogP contribution in [0.5, 0.6) is 0 Å². The van der Waals surface area contributed by atoms with E-state index in [4.69, 9.17) is 4.98 Å². The van der Waals surface area contributed by atoms with Gasteiger partial charge in [-0.1, -0.05) is 24.3 Å². The third-order valence-corrected chi connectivity index (χ3v) is 5.01. The molecule has 0 aliphatic carbocycles. The average Bonchev–Trinajstić information content (AvgIpc) is 3.30. The molecule has 136 valence electrons. The van der Waals surface area contributed by atoms with E-state index in [0.717, 1.165) is 50.8 Å². The summed E-state index contributed by atoms with van der Waals surface area (Å²) in [4.78, 5) is 12.9. The fraction of sp³-hybridized carbons (Fsp3) is 0.0833. The smallest absolute Gasteiger partial charge is 0.146 e. The van der Waals surface area contributed by atoms with Crippen molar-refractivity contribution in [1.29, 1.82) is 0 Å². The van der Waals surface area contributed by atoms with Gasteiger partial charge in [-0.2, -0.15) is 0 Å². The van der Waals surface area contributed by atoms with E-state index in [1.807, 2.05) is 24.4 Å². The first-order valence-corrected chi connectivity index (χ1v) is 9.36.